The molecule has 2 aromatic carbocycles. The molecule has 0 aliphatic rings. The summed E-state index contributed by atoms with van der Waals surface area (Å²) in [5.74, 6) is 0.0600. The van der Waals surface area contributed by atoms with Gasteiger partial charge in [-0.1, -0.05) is 64.8 Å². The van der Waals surface area contributed by atoms with E-state index in [4.69, 9.17) is 0 Å². The van der Waals surface area contributed by atoms with Crippen molar-refractivity contribution >= 4 is 21.8 Å². The van der Waals surface area contributed by atoms with Crippen molar-refractivity contribution in [2.45, 2.75) is 32.7 Å². The van der Waals surface area contributed by atoms with E-state index >= 15 is 0 Å². The van der Waals surface area contributed by atoms with E-state index in [0.717, 1.165) is 22.0 Å². The Balaban J connectivity index is 1.99. The van der Waals surface area contributed by atoms with Crippen LogP contribution >= 0.6 is 15.9 Å². The van der Waals surface area contributed by atoms with Crippen LogP contribution < -0.4 is 5.32 Å². The number of carbonyl (C=O) groups is 1. The van der Waals surface area contributed by atoms with E-state index in [1.807, 2.05) is 24.3 Å². The number of benzene rings is 2. The lowest BCUT2D eigenvalue weighted by Gasteiger charge is -2.18. The molecule has 1 amide bonds. The molecule has 0 aromatic heterocycles. The molecule has 110 valence electrons. The highest BCUT2D eigenvalue weighted by atomic mass is 79.9. The second-order valence-corrected chi connectivity index (χ2v) is 6.16. The topological polar surface area (TPSA) is 29.1 Å². The Morgan fingerprint density at radius 1 is 1.10 bits per heavy atom. The number of aryl methyl sites for hydroxylation is 1. The molecule has 0 aliphatic heterocycles. The van der Waals surface area contributed by atoms with E-state index in [1.165, 1.54) is 5.56 Å². The van der Waals surface area contributed by atoms with Crippen LogP contribution in [0, 0.1) is 6.92 Å². The summed E-state index contributed by atoms with van der Waals surface area (Å²) in [7, 11) is 0. The van der Waals surface area contributed by atoms with Crippen LogP contribution in [0.2, 0.25) is 0 Å². The molecule has 0 bridgehead atoms. The van der Waals surface area contributed by atoms with Crippen LogP contribution in [0.15, 0.2) is 53.0 Å². The highest BCUT2D eigenvalue weighted by Crippen LogP contribution is 2.17. The molecule has 1 atom stereocenters. The molecular formula is C18H20BrNO. The largest absolute Gasteiger partial charge is 0.349 e. The Bertz CT molecular complexity index is 590. The quantitative estimate of drug-likeness (QED) is 0.844. The van der Waals surface area contributed by atoms with Crippen molar-refractivity contribution < 1.29 is 4.79 Å². The molecule has 3 heteroatoms. The first-order chi connectivity index (χ1) is 10.1. The Labute approximate surface area is 134 Å². The fourth-order valence-electron chi connectivity index (χ4n) is 2.25. The van der Waals surface area contributed by atoms with Gasteiger partial charge in [0.05, 0.1) is 12.5 Å². The van der Waals surface area contributed by atoms with Crippen LogP contribution in [0.25, 0.3) is 0 Å². The number of hydrogen-bond donors (Lipinski definition) is 1. The zero-order valence-corrected chi connectivity index (χ0v) is 14.0. The molecule has 1 unspecified atom stereocenters. The minimum Gasteiger partial charge on any atom is -0.349 e. The molecule has 0 saturated carbocycles. The molecule has 2 rings (SSSR count). The lowest BCUT2D eigenvalue weighted by Crippen LogP contribution is -2.29. The third-order valence-electron chi connectivity index (χ3n) is 3.50. The molecule has 0 spiro atoms. The van der Waals surface area contributed by atoms with Gasteiger partial charge in [0.2, 0.25) is 5.91 Å². The maximum Gasteiger partial charge on any atom is 0.224 e. The van der Waals surface area contributed by atoms with Gasteiger partial charge in [-0.15, -0.1) is 0 Å². The molecule has 0 radical (unpaired) electrons. The number of rotatable bonds is 5. The zero-order valence-electron chi connectivity index (χ0n) is 12.4. The second kappa shape index (κ2) is 7.41. The Morgan fingerprint density at radius 2 is 1.71 bits per heavy atom. The zero-order chi connectivity index (χ0) is 15.2. The average molecular weight is 346 g/mol. The Hall–Kier alpha value is -1.61. The average Bonchev–Trinajstić information content (AvgIpc) is 2.48. The van der Waals surface area contributed by atoms with Crippen molar-refractivity contribution in [3.05, 3.63) is 69.7 Å². The smallest absolute Gasteiger partial charge is 0.224 e. The number of nitrogens with one attached hydrogen (secondary N) is 1. The Morgan fingerprint density at radius 3 is 2.29 bits per heavy atom. The summed E-state index contributed by atoms with van der Waals surface area (Å²) in [5, 5.41) is 3.11. The van der Waals surface area contributed by atoms with E-state index in [1.54, 1.807) is 0 Å². The molecule has 2 aromatic rings. The van der Waals surface area contributed by atoms with Gasteiger partial charge in [0, 0.05) is 4.47 Å². The molecule has 0 saturated heterocycles. The first-order valence-corrected chi connectivity index (χ1v) is 7.98. The summed E-state index contributed by atoms with van der Waals surface area (Å²) in [4.78, 5) is 12.2. The predicted octanol–water partition coefficient (Wildman–Crippen LogP) is 4.57. The third-order valence-corrected chi connectivity index (χ3v) is 4.03. The summed E-state index contributed by atoms with van der Waals surface area (Å²) in [5.41, 5.74) is 3.41. The summed E-state index contributed by atoms with van der Waals surface area (Å²) < 4.78 is 1.03. The lowest BCUT2D eigenvalue weighted by atomic mass is 10.0. The molecule has 2 nitrogen and oxygen atoms in total. The summed E-state index contributed by atoms with van der Waals surface area (Å²) >= 11 is 3.40. The fraction of sp³-hybridized carbons (Fsp3) is 0.278. The van der Waals surface area contributed by atoms with Crippen LogP contribution in [0.5, 0.6) is 0 Å². The fourth-order valence-corrected chi connectivity index (χ4v) is 2.52. The summed E-state index contributed by atoms with van der Waals surface area (Å²) in [6.07, 6.45) is 1.30. The highest BCUT2D eigenvalue weighted by Gasteiger charge is 2.12. The molecule has 0 heterocycles. The van der Waals surface area contributed by atoms with E-state index in [-0.39, 0.29) is 11.9 Å². The summed E-state index contributed by atoms with van der Waals surface area (Å²) in [6.45, 7) is 4.15. The predicted molar refractivity (Wildman–Crippen MR) is 90.2 cm³/mol. The van der Waals surface area contributed by atoms with Gasteiger partial charge in [-0.2, -0.15) is 0 Å². The second-order valence-electron chi connectivity index (χ2n) is 5.24. The van der Waals surface area contributed by atoms with Crippen molar-refractivity contribution in [2.75, 3.05) is 0 Å². The standard InChI is InChI=1S/C18H20BrNO/c1-3-17(15-8-4-13(2)5-9-15)20-18(21)12-14-6-10-16(19)11-7-14/h4-11,17H,3,12H2,1-2H3,(H,20,21). The highest BCUT2D eigenvalue weighted by molar-refractivity contribution is 9.10. The molecule has 1 N–H and O–H groups in total. The van der Waals surface area contributed by atoms with Crippen molar-refractivity contribution in [2.24, 2.45) is 0 Å². The van der Waals surface area contributed by atoms with Crippen molar-refractivity contribution in [1.82, 2.24) is 5.32 Å². The van der Waals surface area contributed by atoms with E-state index in [0.29, 0.717) is 6.42 Å². The van der Waals surface area contributed by atoms with Crippen LogP contribution in [0.4, 0.5) is 0 Å². The van der Waals surface area contributed by atoms with Crippen molar-refractivity contribution in [3.8, 4) is 0 Å². The van der Waals surface area contributed by atoms with Gasteiger partial charge in [-0.25, -0.2) is 0 Å². The van der Waals surface area contributed by atoms with Gasteiger partial charge in [-0.3, -0.25) is 4.79 Å². The minimum atomic E-state index is 0.0600. The van der Waals surface area contributed by atoms with Gasteiger partial charge in [0.15, 0.2) is 0 Å². The molecule has 0 fully saturated rings. The molecule has 0 aliphatic carbocycles. The van der Waals surface area contributed by atoms with Gasteiger partial charge in [-0.05, 0) is 36.6 Å². The SMILES string of the molecule is CCC(NC(=O)Cc1ccc(Br)cc1)c1ccc(C)cc1. The van der Waals surface area contributed by atoms with Crippen LogP contribution in [0.1, 0.15) is 36.1 Å². The maximum absolute atomic E-state index is 12.2. The summed E-state index contributed by atoms with van der Waals surface area (Å²) in [6, 6.07) is 16.3. The van der Waals surface area contributed by atoms with Gasteiger partial charge < -0.3 is 5.32 Å². The number of amides is 1. The monoisotopic (exact) mass is 345 g/mol. The van der Waals surface area contributed by atoms with Crippen LogP contribution in [-0.4, -0.2) is 5.91 Å². The van der Waals surface area contributed by atoms with Crippen LogP contribution in [0.3, 0.4) is 0 Å². The third kappa shape index (κ3) is 4.71. The first kappa shape index (κ1) is 15.8. The van der Waals surface area contributed by atoms with Gasteiger partial charge in [0.25, 0.3) is 0 Å². The Kier molecular flexibility index (Phi) is 5.57. The first-order valence-electron chi connectivity index (χ1n) is 7.19. The van der Waals surface area contributed by atoms with Crippen LogP contribution in [-0.2, 0) is 11.2 Å². The lowest BCUT2D eigenvalue weighted by molar-refractivity contribution is -0.121. The minimum absolute atomic E-state index is 0.0600. The van der Waals surface area contributed by atoms with Gasteiger partial charge >= 0.3 is 0 Å². The van der Waals surface area contributed by atoms with E-state index in [9.17, 15) is 4.79 Å². The maximum atomic E-state index is 12.2. The normalized spacial score (nSPS) is 12.0. The number of hydrogen-bond acceptors (Lipinski definition) is 1. The van der Waals surface area contributed by atoms with E-state index < -0.39 is 0 Å². The van der Waals surface area contributed by atoms with Crippen molar-refractivity contribution in [3.63, 3.8) is 0 Å². The number of halogens is 1. The number of carbonyl (C=O) groups excluding carboxylic acids is 1. The van der Waals surface area contributed by atoms with E-state index in [2.05, 4.69) is 59.4 Å². The molecule has 21 heavy (non-hydrogen) atoms. The van der Waals surface area contributed by atoms with Crippen molar-refractivity contribution in [1.29, 1.82) is 0 Å². The molecular weight excluding hydrogens is 326 g/mol. The van der Waals surface area contributed by atoms with Gasteiger partial charge in [0.1, 0.15) is 0 Å².